The van der Waals surface area contributed by atoms with Crippen LogP contribution in [0.15, 0.2) is 65.8 Å². The third-order valence-electron chi connectivity index (χ3n) is 8.08. The van der Waals surface area contributed by atoms with E-state index in [1.165, 1.54) is 25.2 Å². The van der Waals surface area contributed by atoms with Gasteiger partial charge in [0.1, 0.15) is 23.6 Å². The average molecular weight is 627 g/mol. The second-order valence-electron chi connectivity index (χ2n) is 10.3. The van der Waals surface area contributed by atoms with Crippen molar-refractivity contribution in [3.8, 4) is 11.5 Å². The Morgan fingerprint density at radius 2 is 1.81 bits per heavy atom. The first kappa shape index (κ1) is 29.9. The molecule has 0 saturated carbocycles. The molecule has 1 aromatic heterocycles. The highest BCUT2D eigenvalue weighted by atomic mass is 35.5. The van der Waals surface area contributed by atoms with Gasteiger partial charge < -0.3 is 19.5 Å². The molecule has 42 heavy (non-hydrogen) atoms. The van der Waals surface area contributed by atoms with Crippen molar-refractivity contribution < 1.29 is 44.9 Å². The van der Waals surface area contributed by atoms with Crippen molar-refractivity contribution in [2.45, 2.75) is 42.4 Å². The van der Waals surface area contributed by atoms with E-state index < -0.39 is 53.8 Å². The van der Waals surface area contributed by atoms with E-state index in [2.05, 4.69) is 9.88 Å². The van der Waals surface area contributed by atoms with E-state index in [4.69, 9.17) is 26.2 Å². The number of benzene rings is 2. The van der Waals surface area contributed by atoms with E-state index in [1.54, 1.807) is 12.4 Å². The van der Waals surface area contributed by atoms with Crippen LogP contribution in [0.3, 0.4) is 0 Å². The fraction of sp³-hybridized carbons (Fsp3) is 0.357. The lowest BCUT2D eigenvalue weighted by Crippen LogP contribution is -2.61. The second kappa shape index (κ2) is 11.3. The summed E-state index contributed by atoms with van der Waals surface area (Å²) in [6.45, 7) is 1.00. The average Bonchev–Trinajstić information content (AvgIpc) is 2.96. The summed E-state index contributed by atoms with van der Waals surface area (Å²) in [4.78, 5) is 16.4. The second-order valence-corrected chi connectivity index (χ2v) is 12.8. The minimum Gasteiger partial charge on any atom is -0.493 e. The van der Waals surface area contributed by atoms with Gasteiger partial charge in [-0.2, -0.15) is 21.6 Å². The molecular weight excluding hydrogens is 599 g/mol. The van der Waals surface area contributed by atoms with Crippen molar-refractivity contribution >= 4 is 33.5 Å². The van der Waals surface area contributed by atoms with E-state index in [9.17, 15) is 26.4 Å². The first-order chi connectivity index (χ1) is 19.8. The van der Waals surface area contributed by atoms with Crippen LogP contribution in [0.5, 0.6) is 11.5 Å². The minimum absolute atomic E-state index is 0.0677. The van der Waals surface area contributed by atoms with Crippen molar-refractivity contribution in [1.29, 1.82) is 0 Å². The molecule has 0 spiro atoms. The van der Waals surface area contributed by atoms with Crippen molar-refractivity contribution in [2.75, 3.05) is 31.6 Å². The maximum atomic E-state index is 14.8. The number of rotatable bonds is 6. The fourth-order valence-corrected chi connectivity index (χ4v) is 8.85. The number of sulfonamides is 1. The summed E-state index contributed by atoms with van der Waals surface area (Å²) >= 11 is 6.28. The maximum Gasteiger partial charge on any atom is 0.511 e. The Hall–Kier alpha value is -3.55. The molecule has 1 N–H and O–H groups in total. The molecule has 0 aliphatic carbocycles. The van der Waals surface area contributed by atoms with E-state index in [0.717, 1.165) is 17.8 Å². The van der Waals surface area contributed by atoms with E-state index >= 15 is 0 Å². The molecule has 9 nitrogen and oxygen atoms in total. The van der Waals surface area contributed by atoms with E-state index in [-0.39, 0.29) is 18.8 Å². The van der Waals surface area contributed by atoms with Crippen LogP contribution in [0.4, 0.5) is 23.7 Å². The molecular formula is C28H28ClF3N3O6S+. The summed E-state index contributed by atoms with van der Waals surface area (Å²) in [5.74, 6) is 0.231. The zero-order valence-corrected chi connectivity index (χ0v) is 24.0. The standard InChI is InChI=1S/C28H27ClF3N3O6S/c1-35(19-9-14-34(15-10-19)18-7-12-33-13-8-18,42(38,39)26-22(28(30,31)32)3-2-4-23(26)29)24-11-16-40-25-6-5-20(17-21(24)25)41-27(36)37/h2-8,12-13,17,19,24H,9-11,14-16H2,1H3/p+1. The lowest BCUT2D eigenvalue weighted by molar-refractivity contribution is -0.848. The zero-order valence-electron chi connectivity index (χ0n) is 22.4. The number of fused-ring (bicyclic) bond motifs is 1. The summed E-state index contributed by atoms with van der Waals surface area (Å²) < 4.78 is 82.0. The van der Waals surface area contributed by atoms with Crippen LogP contribution in [-0.2, 0) is 16.2 Å². The molecule has 0 bridgehead atoms. The van der Waals surface area contributed by atoms with Crippen molar-refractivity contribution in [3.63, 3.8) is 0 Å². The number of quaternary nitrogens is 1. The zero-order chi connectivity index (χ0) is 30.3. The van der Waals surface area contributed by atoms with Gasteiger partial charge >= 0.3 is 22.4 Å². The quantitative estimate of drug-likeness (QED) is 0.198. The molecule has 5 rings (SSSR count). The van der Waals surface area contributed by atoms with Gasteiger partial charge in [0.25, 0.3) is 0 Å². The lowest BCUT2D eigenvalue weighted by Gasteiger charge is -2.49. The molecule has 3 aromatic rings. The van der Waals surface area contributed by atoms with Crippen molar-refractivity contribution in [2.24, 2.45) is 0 Å². The number of aromatic nitrogens is 1. The number of carbonyl (C=O) groups is 1. The first-order valence-corrected chi connectivity index (χ1v) is 14.9. The minimum atomic E-state index is -4.99. The number of piperidine rings is 1. The van der Waals surface area contributed by atoms with Gasteiger partial charge in [0.2, 0.25) is 0 Å². The summed E-state index contributed by atoms with van der Waals surface area (Å²) in [7, 11) is -3.43. The fourth-order valence-electron chi connectivity index (χ4n) is 6.05. The highest BCUT2D eigenvalue weighted by molar-refractivity contribution is 7.86. The van der Waals surface area contributed by atoms with Gasteiger partial charge in [-0.05, 0) is 42.5 Å². The van der Waals surface area contributed by atoms with Gasteiger partial charge in [-0.1, -0.05) is 17.7 Å². The molecule has 14 heteroatoms. The molecule has 224 valence electrons. The maximum absolute atomic E-state index is 14.8. The van der Waals surface area contributed by atoms with E-state index in [0.29, 0.717) is 43.3 Å². The number of hydrogen-bond donors (Lipinski definition) is 1. The molecule has 1 fully saturated rings. The molecule has 2 aliphatic heterocycles. The largest absolute Gasteiger partial charge is 0.511 e. The smallest absolute Gasteiger partial charge is 0.493 e. The summed E-state index contributed by atoms with van der Waals surface area (Å²) in [6, 6.07) is 9.24. The van der Waals surface area contributed by atoms with Gasteiger partial charge in [-0.3, -0.25) is 4.98 Å². The van der Waals surface area contributed by atoms with Gasteiger partial charge in [0.15, 0.2) is 4.90 Å². The van der Waals surface area contributed by atoms with Crippen LogP contribution in [-0.4, -0.2) is 61.3 Å². The van der Waals surface area contributed by atoms with Crippen LogP contribution in [0, 0.1) is 0 Å². The number of nitrogens with zero attached hydrogens (tertiary/aromatic N) is 3. The van der Waals surface area contributed by atoms with Crippen LogP contribution < -0.4 is 14.4 Å². The Bertz CT molecular complexity index is 1580. The Morgan fingerprint density at radius 3 is 2.45 bits per heavy atom. The van der Waals surface area contributed by atoms with Crippen molar-refractivity contribution in [3.05, 3.63) is 77.1 Å². The Balaban J connectivity index is 1.66. The van der Waals surface area contributed by atoms with Crippen LogP contribution >= 0.6 is 11.6 Å². The Morgan fingerprint density at radius 1 is 1.12 bits per heavy atom. The Kier molecular flexibility index (Phi) is 8.03. The lowest BCUT2D eigenvalue weighted by atomic mass is 9.94. The Labute approximate surface area is 245 Å². The topological polar surface area (TPSA) is 106 Å². The van der Waals surface area contributed by atoms with Crippen LogP contribution in [0.1, 0.15) is 36.4 Å². The molecule has 2 aliphatic rings. The number of hydrogen-bond acceptors (Lipinski definition) is 7. The van der Waals surface area contributed by atoms with Crippen LogP contribution in [0.2, 0.25) is 5.02 Å². The number of carboxylic acid groups (broad SMARTS) is 1. The summed E-state index contributed by atoms with van der Waals surface area (Å²) in [5, 5.41) is 8.62. The molecule has 3 heterocycles. The molecule has 0 radical (unpaired) electrons. The normalized spacial score (nSPS) is 19.4. The predicted molar refractivity (Wildman–Crippen MR) is 147 cm³/mol. The number of alkyl halides is 3. The third kappa shape index (κ3) is 5.36. The SMILES string of the molecule is C[N+](C1CCN(c2ccncc2)CC1)(C1CCOc2ccc(OC(=O)O)cc21)S(=O)(=O)c1c(Cl)cccc1C(F)(F)F. The third-order valence-corrected chi connectivity index (χ3v) is 11.0. The highest BCUT2D eigenvalue weighted by Crippen LogP contribution is 2.50. The van der Waals surface area contributed by atoms with Gasteiger partial charge in [-0.25, -0.2) is 8.68 Å². The number of ether oxygens (including phenoxy) is 2. The summed E-state index contributed by atoms with van der Waals surface area (Å²) in [6.07, 6.45) is -2.45. The van der Waals surface area contributed by atoms with Gasteiger partial charge in [-0.15, -0.1) is 0 Å². The number of pyridine rings is 1. The van der Waals surface area contributed by atoms with Crippen LogP contribution in [0.25, 0.3) is 0 Å². The molecule has 0 amide bonds. The predicted octanol–water partition coefficient (Wildman–Crippen LogP) is 6.14. The molecule has 2 unspecified atom stereocenters. The van der Waals surface area contributed by atoms with Crippen molar-refractivity contribution in [1.82, 2.24) is 4.98 Å². The first-order valence-electron chi connectivity index (χ1n) is 13.1. The number of halogens is 4. The van der Waals surface area contributed by atoms with Gasteiger partial charge in [0.05, 0.1) is 29.8 Å². The molecule has 2 atom stereocenters. The van der Waals surface area contributed by atoms with Gasteiger partial charge in [0, 0.05) is 50.4 Å². The van der Waals surface area contributed by atoms with E-state index in [1.807, 2.05) is 12.1 Å². The highest BCUT2D eigenvalue weighted by Gasteiger charge is 2.56. The molecule has 2 aromatic carbocycles. The molecule has 1 saturated heterocycles. The summed E-state index contributed by atoms with van der Waals surface area (Å²) in [5.41, 5.74) is -0.120. The number of anilines is 1. The monoisotopic (exact) mass is 626 g/mol.